The number of fused-ring (bicyclic) bond motifs is 6. The van der Waals surface area contributed by atoms with Crippen molar-refractivity contribution in [2.75, 3.05) is 51.2 Å². The highest BCUT2D eigenvalue weighted by Crippen LogP contribution is 2.42. The lowest BCUT2D eigenvalue weighted by molar-refractivity contribution is 0.00552. The van der Waals surface area contributed by atoms with Crippen molar-refractivity contribution in [3.05, 3.63) is 23.9 Å². The minimum atomic E-state index is 0.200. The molecule has 4 bridgehead atoms. The van der Waals surface area contributed by atoms with E-state index in [-0.39, 0.29) is 17.0 Å². The number of hydrogen-bond acceptors (Lipinski definition) is 9. The van der Waals surface area contributed by atoms with Crippen LogP contribution in [-0.2, 0) is 0 Å². The van der Waals surface area contributed by atoms with Crippen molar-refractivity contribution in [2.45, 2.75) is 121 Å². The summed E-state index contributed by atoms with van der Waals surface area (Å²) < 4.78 is 3.88. The Kier molecular flexibility index (Phi) is 10.00. The Labute approximate surface area is 266 Å². The van der Waals surface area contributed by atoms with Gasteiger partial charge in [-0.05, 0) is 95.7 Å². The Morgan fingerprint density at radius 2 is 1.74 bits per heavy atom. The maximum atomic E-state index is 5.32. The second-order valence-electron chi connectivity index (χ2n) is 16.0. The Hall–Kier alpha value is -0.940. The van der Waals surface area contributed by atoms with E-state index in [0.29, 0.717) is 35.6 Å². The van der Waals surface area contributed by atoms with Gasteiger partial charge in [0.2, 0.25) is 0 Å². The quantitative estimate of drug-likeness (QED) is 0.354. The molecule has 0 radical (unpaired) electrons. The van der Waals surface area contributed by atoms with Crippen molar-refractivity contribution in [3.63, 3.8) is 0 Å². The lowest BCUT2D eigenvalue weighted by Crippen LogP contribution is -2.63. The number of piperazine rings is 1. The van der Waals surface area contributed by atoms with E-state index in [1.165, 1.54) is 57.2 Å². The van der Waals surface area contributed by atoms with Crippen LogP contribution in [0.5, 0.6) is 0 Å². The molecule has 1 aromatic rings. The standard InChI is InChI=1S/C34H60N8S/c1-33(2,3)28-16-14-25-22-35-43-31-12-8-10-29(39-31)36-27(15-13-24-21-34(4,5)42(23-24)32(25)38-28)26-9-7-11-30(37-26)41-19-17-40(6)18-20-41/h7,9,11,24-25,27-29,31-32,35-36,38-39H,8,10,12-23H2,1-6H3/t24-,25?,27+,28?,29?,31?,32?/m0/s1. The van der Waals surface area contributed by atoms with Crippen LogP contribution >= 0.6 is 11.9 Å². The van der Waals surface area contributed by atoms with Crippen LogP contribution in [0, 0.1) is 17.3 Å². The van der Waals surface area contributed by atoms with Crippen LogP contribution in [0.4, 0.5) is 5.82 Å². The van der Waals surface area contributed by atoms with E-state index >= 15 is 0 Å². The topological polar surface area (TPSA) is 70.7 Å². The number of likely N-dealkylation sites (N-methyl/N-ethyl adjacent to an activating group) is 1. The van der Waals surface area contributed by atoms with Gasteiger partial charge in [0.05, 0.1) is 29.4 Å². The van der Waals surface area contributed by atoms with E-state index in [0.717, 1.165) is 45.0 Å². The van der Waals surface area contributed by atoms with Crippen LogP contribution in [0.1, 0.15) is 97.7 Å². The Morgan fingerprint density at radius 3 is 2.53 bits per heavy atom. The van der Waals surface area contributed by atoms with Gasteiger partial charge >= 0.3 is 0 Å². The fraction of sp³-hybridized carbons (Fsp3) is 0.853. The molecule has 242 valence electrons. The molecule has 8 atom stereocenters. The predicted molar refractivity (Wildman–Crippen MR) is 181 cm³/mol. The van der Waals surface area contributed by atoms with Gasteiger partial charge < -0.3 is 9.80 Å². The first-order valence-corrected chi connectivity index (χ1v) is 18.3. The lowest BCUT2D eigenvalue weighted by atomic mass is 9.78. The summed E-state index contributed by atoms with van der Waals surface area (Å²) in [6, 6.07) is 7.55. The normalized spacial score (nSPS) is 38.1. The van der Waals surface area contributed by atoms with Crippen molar-refractivity contribution < 1.29 is 0 Å². The van der Waals surface area contributed by atoms with Crippen molar-refractivity contribution >= 4 is 17.8 Å². The minimum Gasteiger partial charge on any atom is -0.354 e. The van der Waals surface area contributed by atoms with Crippen LogP contribution < -0.4 is 25.6 Å². The number of nitrogens with one attached hydrogen (secondary N) is 4. The highest BCUT2D eigenvalue weighted by molar-refractivity contribution is 7.98. The van der Waals surface area contributed by atoms with Gasteiger partial charge in [-0.25, -0.2) is 4.98 Å². The second-order valence-corrected chi connectivity index (χ2v) is 17.1. The maximum Gasteiger partial charge on any atom is 0.128 e. The summed E-state index contributed by atoms with van der Waals surface area (Å²) in [6.07, 6.45) is 10.6. The lowest BCUT2D eigenvalue weighted by Gasteiger charge is -2.50. The Bertz CT molecular complexity index is 1050. The van der Waals surface area contributed by atoms with E-state index in [9.17, 15) is 0 Å². The summed E-state index contributed by atoms with van der Waals surface area (Å²) >= 11 is 1.93. The van der Waals surface area contributed by atoms with Crippen molar-refractivity contribution in [1.29, 1.82) is 0 Å². The molecular formula is C34H60N8S. The van der Waals surface area contributed by atoms with E-state index in [2.05, 4.69) is 95.2 Å². The molecule has 0 spiro atoms. The zero-order valence-corrected chi connectivity index (χ0v) is 28.7. The Balaban J connectivity index is 1.24. The largest absolute Gasteiger partial charge is 0.354 e. The average molecular weight is 613 g/mol. The van der Waals surface area contributed by atoms with Gasteiger partial charge in [-0.3, -0.25) is 25.6 Å². The highest BCUT2D eigenvalue weighted by atomic mass is 32.2. The number of anilines is 1. The first-order chi connectivity index (χ1) is 20.5. The van der Waals surface area contributed by atoms with E-state index < -0.39 is 0 Å². The molecule has 1 aromatic heterocycles. The molecule has 6 rings (SSSR count). The molecular weight excluding hydrogens is 552 g/mol. The van der Waals surface area contributed by atoms with Crippen molar-refractivity contribution in [3.8, 4) is 0 Å². The van der Waals surface area contributed by atoms with Crippen LogP contribution in [0.25, 0.3) is 0 Å². The van der Waals surface area contributed by atoms with E-state index in [1.54, 1.807) is 0 Å². The monoisotopic (exact) mass is 612 g/mol. The molecule has 0 aliphatic carbocycles. The Morgan fingerprint density at radius 1 is 0.930 bits per heavy atom. The number of piperidine rings is 2. The van der Waals surface area contributed by atoms with Gasteiger partial charge in [-0.15, -0.1) is 0 Å². The van der Waals surface area contributed by atoms with E-state index in [1.807, 2.05) is 11.9 Å². The van der Waals surface area contributed by atoms with Gasteiger partial charge in [-0.2, -0.15) is 0 Å². The summed E-state index contributed by atoms with van der Waals surface area (Å²) in [5, 5.41) is 12.7. The summed E-state index contributed by atoms with van der Waals surface area (Å²) in [5.41, 5.74) is 1.69. The molecule has 4 N–H and O–H groups in total. The molecule has 5 aliphatic rings. The molecule has 5 aliphatic heterocycles. The fourth-order valence-electron chi connectivity index (χ4n) is 8.49. The predicted octanol–water partition coefficient (Wildman–Crippen LogP) is 4.76. The van der Waals surface area contributed by atoms with Crippen LogP contribution in [-0.4, -0.2) is 90.4 Å². The number of nitrogens with zero attached hydrogens (tertiary/aromatic N) is 4. The first kappa shape index (κ1) is 32.0. The zero-order chi connectivity index (χ0) is 30.2. The van der Waals surface area contributed by atoms with Crippen molar-refractivity contribution in [1.82, 2.24) is 35.5 Å². The van der Waals surface area contributed by atoms with Gasteiger partial charge in [-0.1, -0.05) is 38.8 Å². The van der Waals surface area contributed by atoms with Gasteiger partial charge in [0.15, 0.2) is 0 Å². The number of hydrogen-bond donors (Lipinski definition) is 4. The molecule has 43 heavy (non-hydrogen) atoms. The van der Waals surface area contributed by atoms with Crippen LogP contribution in [0.15, 0.2) is 18.2 Å². The molecule has 0 saturated carbocycles. The number of rotatable bonds is 2. The minimum absolute atomic E-state index is 0.200. The zero-order valence-electron chi connectivity index (χ0n) is 27.9. The van der Waals surface area contributed by atoms with Gasteiger partial charge in [0.25, 0.3) is 0 Å². The summed E-state index contributed by atoms with van der Waals surface area (Å²) in [4.78, 5) is 13.1. The number of aromatic nitrogens is 1. The SMILES string of the molecule is CN1CCN(c2cccc([C@H]3CC[C@@H]4CN(C5NC(C(C)(C)C)CCC5CNSC5CCCC(N5)N3)C(C)(C)C4)n2)CC1. The molecule has 6 heterocycles. The average Bonchev–Trinajstić information content (AvgIpc) is 3.28. The first-order valence-electron chi connectivity index (χ1n) is 17.4. The van der Waals surface area contributed by atoms with Crippen LogP contribution in [0.2, 0.25) is 0 Å². The van der Waals surface area contributed by atoms with Crippen molar-refractivity contribution in [2.24, 2.45) is 17.3 Å². The smallest absolute Gasteiger partial charge is 0.128 e. The second kappa shape index (κ2) is 13.4. The summed E-state index contributed by atoms with van der Waals surface area (Å²) in [5.74, 6) is 2.48. The third kappa shape index (κ3) is 7.72. The number of pyridine rings is 1. The molecule has 0 aromatic carbocycles. The van der Waals surface area contributed by atoms with Gasteiger partial charge in [0.1, 0.15) is 5.82 Å². The van der Waals surface area contributed by atoms with Gasteiger partial charge in [0, 0.05) is 56.8 Å². The molecule has 8 nitrogen and oxygen atoms in total. The molecule has 5 fully saturated rings. The maximum absolute atomic E-state index is 5.32. The summed E-state index contributed by atoms with van der Waals surface area (Å²) in [6.45, 7) is 18.8. The van der Waals surface area contributed by atoms with Crippen LogP contribution in [0.3, 0.4) is 0 Å². The molecule has 9 heteroatoms. The summed E-state index contributed by atoms with van der Waals surface area (Å²) in [7, 11) is 2.22. The third-order valence-corrected chi connectivity index (χ3v) is 12.2. The third-order valence-electron chi connectivity index (χ3n) is 11.2. The highest BCUT2D eigenvalue weighted by Gasteiger charge is 2.47. The van der Waals surface area contributed by atoms with E-state index in [4.69, 9.17) is 4.98 Å². The molecule has 6 unspecified atom stereocenters. The fourth-order valence-corrected chi connectivity index (χ4v) is 9.52. The molecule has 5 saturated heterocycles. The molecule has 0 amide bonds.